The fraction of sp³-hybridized carbons (Fsp3) is 0.267. The van der Waals surface area contributed by atoms with Crippen molar-refractivity contribution in [1.82, 2.24) is 4.98 Å². The Kier molecular flexibility index (Phi) is 5.43. The number of pyridine rings is 1. The lowest BCUT2D eigenvalue weighted by molar-refractivity contribution is 0.828. The first-order valence-electron chi connectivity index (χ1n) is 6.28. The van der Waals surface area contributed by atoms with Gasteiger partial charge < -0.3 is 5.73 Å². The van der Waals surface area contributed by atoms with Crippen molar-refractivity contribution in [1.29, 1.82) is 0 Å². The van der Waals surface area contributed by atoms with Crippen LogP contribution in [0.25, 0.3) is 0 Å². The molecule has 2 aromatic rings. The number of benzene rings is 1. The summed E-state index contributed by atoms with van der Waals surface area (Å²) in [4.78, 5) is 4.33. The summed E-state index contributed by atoms with van der Waals surface area (Å²) in [6.45, 7) is 2.16. The van der Waals surface area contributed by atoms with Gasteiger partial charge in [-0.3, -0.25) is 0 Å². The highest BCUT2D eigenvalue weighted by Crippen LogP contribution is 2.27. The van der Waals surface area contributed by atoms with Gasteiger partial charge in [0.1, 0.15) is 5.03 Å². The maximum Gasteiger partial charge on any atom is 0.110 e. The second-order valence-electron chi connectivity index (χ2n) is 4.30. The smallest absolute Gasteiger partial charge is 0.110 e. The number of rotatable bonds is 5. The first-order chi connectivity index (χ1) is 9.20. The lowest BCUT2D eigenvalue weighted by Crippen LogP contribution is -2.13. The van der Waals surface area contributed by atoms with E-state index in [1.54, 1.807) is 18.0 Å². The Hall–Kier alpha value is -0.840. The summed E-state index contributed by atoms with van der Waals surface area (Å²) in [6.07, 6.45) is 2.86. The van der Waals surface area contributed by atoms with E-state index in [0.717, 1.165) is 21.7 Å². The van der Waals surface area contributed by atoms with Gasteiger partial charge in [-0.1, -0.05) is 31.2 Å². The lowest BCUT2D eigenvalue weighted by atomic mass is 10.1. The number of nitrogens with two attached hydrogens (primary N) is 1. The molecule has 1 aromatic carbocycles. The molecule has 0 aliphatic carbocycles. The van der Waals surface area contributed by atoms with Crippen LogP contribution in [-0.4, -0.2) is 10.7 Å². The Morgan fingerprint density at radius 1 is 1.26 bits per heavy atom. The molecule has 1 heterocycles. The highest BCUT2D eigenvalue weighted by Gasteiger charge is 2.08. The van der Waals surface area contributed by atoms with Crippen LogP contribution in [0.3, 0.4) is 0 Å². The van der Waals surface area contributed by atoms with Crippen molar-refractivity contribution in [2.75, 3.05) is 5.75 Å². The molecule has 1 atom stereocenters. The number of halogens is 1. The summed E-state index contributed by atoms with van der Waals surface area (Å²) < 4.78 is 1.02. The first kappa shape index (κ1) is 14.6. The lowest BCUT2D eigenvalue weighted by Gasteiger charge is -2.12. The molecule has 100 valence electrons. The van der Waals surface area contributed by atoms with Crippen molar-refractivity contribution in [3.63, 3.8) is 0 Å². The fourth-order valence-corrected chi connectivity index (χ4v) is 3.21. The van der Waals surface area contributed by atoms with E-state index < -0.39 is 0 Å². The van der Waals surface area contributed by atoms with Gasteiger partial charge in [-0.05, 0) is 45.6 Å². The number of nitrogens with zero attached hydrogens (tertiary/aromatic N) is 1. The molecule has 0 spiro atoms. The molecule has 0 aliphatic heterocycles. The van der Waals surface area contributed by atoms with Crippen molar-refractivity contribution < 1.29 is 0 Å². The summed E-state index contributed by atoms with van der Waals surface area (Å²) in [5, 5.41) is 0.989. The molecule has 19 heavy (non-hydrogen) atoms. The average molecular weight is 337 g/mol. The Labute approximate surface area is 126 Å². The molecule has 0 saturated carbocycles. The van der Waals surface area contributed by atoms with Gasteiger partial charge in [-0.15, -0.1) is 11.8 Å². The minimum atomic E-state index is 0.0322. The zero-order chi connectivity index (χ0) is 13.7. The van der Waals surface area contributed by atoms with Gasteiger partial charge in [0.15, 0.2) is 0 Å². The van der Waals surface area contributed by atoms with Crippen LogP contribution in [0.15, 0.2) is 52.1 Å². The van der Waals surface area contributed by atoms with Crippen molar-refractivity contribution in [2.45, 2.75) is 24.4 Å². The van der Waals surface area contributed by atoms with Crippen LogP contribution in [0.1, 0.15) is 24.1 Å². The second-order valence-corrected chi connectivity index (χ2v) is 6.17. The van der Waals surface area contributed by atoms with Crippen LogP contribution in [0.2, 0.25) is 0 Å². The standard InChI is InChI=1S/C15H17BrN2S/c1-2-11-5-7-12(8-6-11)14(17)10-19-15-13(16)4-3-9-18-15/h3-9,14H,2,10,17H2,1H3. The van der Waals surface area contributed by atoms with Crippen molar-refractivity contribution in [2.24, 2.45) is 5.73 Å². The molecule has 2 nitrogen and oxygen atoms in total. The highest BCUT2D eigenvalue weighted by atomic mass is 79.9. The fourth-order valence-electron chi connectivity index (χ4n) is 1.74. The summed E-state index contributed by atoms with van der Waals surface area (Å²) in [5.41, 5.74) is 8.74. The van der Waals surface area contributed by atoms with E-state index in [0.29, 0.717) is 0 Å². The molecule has 0 amide bonds. The van der Waals surface area contributed by atoms with Crippen molar-refractivity contribution in [3.8, 4) is 0 Å². The minimum Gasteiger partial charge on any atom is -0.323 e. The van der Waals surface area contributed by atoms with Gasteiger partial charge in [0.2, 0.25) is 0 Å². The van der Waals surface area contributed by atoms with Crippen molar-refractivity contribution in [3.05, 3.63) is 58.2 Å². The number of thioether (sulfide) groups is 1. The van der Waals surface area contributed by atoms with E-state index in [1.807, 2.05) is 12.1 Å². The predicted octanol–water partition coefficient (Wildman–Crippen LogP) is 4.20. The molecule has 1 unspecified atom stereocenters. The number of hydrogen-bond acceptors (Lipinski definition) is 3. The third kappa shape index (κ3) is 4.06. The largest absolute Gasteiger partial charge is 0.323 e. The maximum absolute atomic E-state index is 6.22. The van der Waals surface area contributed by atoms with E-state index in [-0.39, 0.29) is 6.04 Å². The van der Waals surface area contributed by atoms with Gasteiger partial charge in [-0.2, -0.15) is 0 Å². The third-order valence-corrected chi connectivity index (χ3v) is 4.97. The van der Waals surface area contributed by atoms with E-state index in [1.165, 1.54) is 11.1 Å². The van der Waals surface area contributed by atoms with Crippen molar-refractivity contribution >= 4 is 27.7 Å². The third-order valence-electron chi connectivity index (χ3n) is 2.94. The molecular formula is C15H17BrN2S. The maximum atomic E-state index is 6.22. The number of aryl methyl sites for hydroxylation is 1. The Morgan fingerprint density at radius 3 is 2.63 bits per heavy atom. The predicted molar refractivity (Wildman–Crippen MR) is 85.4 cm³/mol. The Balaban J connectivity index is 1.97. The summed E-state index contributed by atoms with van der Waals surface area (Å²) in [5.74, 6) is 0.821. The van der Waals surface area contributed by atoms with E-state index in [4.69, 9.17) is 5.73 Å². The molecule has 2 rings (SSSR count). The molecule has 0 radical (unpaired) electrons. The zero-order valence-electron chi connectivity index (χ0n) is 10.8. The van der Waals surface area contributed by atoms with Crippen LogP contribution in [0, 0.1) is 0 Å². The van der Waals surface area contributed by atoms with Gasteiger partial charge in [0.05, 0.1) is 0 Å². The summed E-state index contributed by atoms with van der Waals surface area (Å²) in [7, 11) is 0. The zero-order valence-corrected chi connectivity index (χ0v) is 13.2. The number of aromatic nitrogens is 1. The summed E-state index contributed by atoms with van der Waals surface area (Å²) >= 11 is 5.17. The Morgan fingerprint density at radius 2 is 2.00 bits per heavy atom. The van der Waals surface area contributed by atoms with Gasteiger partial charge in [0.25, 0.3) is 0 Å². The number of hydrogen-bond donors (Lipinski definition) is 1. The summed E-state index contributed by atoms with van der Waals surface area (Å²) in [6, 6.07) is 12.5. The highest BCUT2D eigenvalue weighted by molar-refractivity contribution is 9.10. The monoisotopic (exact) mass is 336 g/mol. The molecular weight excluding hydrogens is 320 g/mol. The molecule has 0 saturated heterocycles. The van der Waals surface area contributed by atoms with Crippen LogP contribution < -0.4 is 5.73 Å². The minimum absolute atomic E-state index is 0.0322. The Bertz CT molecular complexity index is 528. The van der Waals surface area contributed by atoms with Crippen LogP contribution in [0.5, 0.6) is 0 Å². The quantitative estimate of drug-likeness (QED) is 0.831. The van der Waals surface area contributed by atoms with Crippen LogP contribution in [-0.2, 0) is 6.42 Å². The molecule has 0 fully saturated rings. The van der Waals surface area contributed by atoms with Crippen LogP contribution in [0.4, 0.5) is 0 Å². The molecule has 0 aliphatic rings. The molecule has 1 aromatic heterocycles. The SMILES string of the molecule is CCc1ccc(C(N)CSc2ncccc2Br)cc1. The molecule has 4 heteroatoms. The second kappa shape index (κ2) is 7.08. The topological polar surface area (TPSA) is 38.9 Å². The average Bonchev–Trinajstić information content (AvgIpc) is 2.46. The van der Waals surface area contributed by atoms with Gasteiger partial charge in [-0.25, -0.2) is 4.98 Å². The molecule has 2 N–H and O–H groups in total. The molecule has 0 bridgehead atoms. The first-order valence-corrected chi connectivity index (χ1v) is 8.06. The van der Waals surface area contributed by atoms with E-state index >= 15 is 0 Å². The van der Waals surface area contributed by atoms with E-state index in [9.17, 15) is 0 Å². The van der Waals surface area contributed by atoms with Gasteiger partial charge >= 0.3 is 0 Å². The van der Waals surface area contributed by atoms with E-state index in [2.05, 4.69) is 52.1 Å². The normalized spacial score (nSPS) is 12.4. The van der Waals surface area contributed by atoms with Gasteiger partial charge in [0, 0.05) is 22.5 Å². The van der Waals surface area contributed by atoms with Crippen LogP contribution >= 0.6 is 27.7 Å².